The third-order valence-corrected chi connectivity index (χ3v) is 5.56. The van der Waals surface area contributed by atoms with Crippen LogP contribution in [0, 0.1) is 6.92 Å². The van der Waals surface area contributed by atoms with Crippen molar-refractivity contribution in [1.82, 2.24) is 9.55 Å². The zero-order chi connectivity index (χ0) is 13.8. The van der Waals surface area contributed by atoms with Gasteiger partial charge in [-0.2, -0.15) is 11.8 Å². The van der Waals surface area contributed by atoms with E-state index >= 15 is 0 Å². The minimum Gasteiger partial charge on any atom is -0.481 e. The van der Waals surface area contributed by atoms with Crippen LogP contribution in [0.4, 0.5) is 0 Å². The number of aryl methyl sites for hydroxylation is 1. The average molecular weight is 300 g/mol. The molecule has 0 radical (unpaired) electrons. The molecule has 0 saturated heterocycles. The summed E-state index contributed by atoms with van der Waals surface area (Å²) in [6.07, 6.45) is 5.75. The molecular formula is C13H20N2O2S2. The molecule has 1 aromatic rings. The molecule has 0 spiro atoms. The Morgan fingerprint density at radius 1 is 1.58 bits per heavy atom. The van der Waals surface area contributed by atoms with Gasteiger partial charge in [-0.3, -0.25) is 4.79 Å². The van der Waals surface area contributed by atoms with Crippen molar-refractivity contribution in [3.05, 3.63) is 11.9 Å². The molecule has 1 fully saturated rings. The molecule has 1 N–H and O–H groups in total. The Hall–Kier alpha value is -0.620. The van der Waals surface area contributed by atoms with Crippen LogP contribution >= 0.6 is 23.5 Å². The number of imidazole rings is 1. The molecule has 6 heteroatoms. The van der Waals surface area contributed by atoms with Gasteiger partial charge in [-0.25, -0.2) is 4.98 Å². The molecule has 4 nitrogen and oxygen atoms in total. The van der Waals surface area contributed by atoms with Gasteiger partial charge in [0.05, 0.1) is 11.4 Å². The second-order valence-corrected chi connectivity index (χ2v) is 7.21. The lowest BCUT2D eigenvalue weighted by Crippen LogP contribution is -2.17. The molecule has 0 aromatic carbocycles. The smallest absolute Gasteiger partial charge is 0.313 e. The molecular weight excluding hydrogens is 280 g/mol. The first-order valence-electron chi connectivity index (χ1n) is 6.63. The number of nitrogens with zero attached hydrogens (tertiary/aromatic N) is 2. The van der Waals surface area contributed by atoms with Gasteiger partial charge in [0.2, 0.25) is 0 Å². The highest BCUT2D eigenvalue weighted by molar-refractivity contribution is 8.00. The number of carboxylic acids is 1. The Bertz CT molecular complexity index is 448. The van der Waals surface area contributed by atoms with Gasteiger partial charge in [-0.1, -0.05) is 25.1 Å². The molecule has 0 aliphatic heterocycles. The zero-order valence-electron chi connectivity index (χ0n) is 11.3. The van der Waals surface area contributed by atoms with Crippen LogP contribution in [-0.4, -0.2) is 37.4 Å². The number of aromatic nitrogens is 2. The third kappa shape index (κ3) is 3.69. The van der Waals surface area contributed by atoms with Crippen molar-refractivity contribution in [2.75, 3.05) is 11.5 Å². The van der Waals surface area contributed by atoms with E-state index in [4.69, 9.17) is 5.11 Å². The fourth-order valence-electron chi connectivity index (χ4n) is 2.60. The monoisotopic (exact) mass is 300 g/mol. The topological polar surface area (TPSA) is 55.1 Å². The maximum Gasteiger partial charge on any atom is 0.313 e. The van der Waals surface area contributed by atoms with E-state index in [0.717, 1.165) is 16.6 Å². The Kier molecular flexibility index (Phi) is 5.21. The molecule has 1 saturated carbocycles. The molecule has 0 bridgehead atoms. The highest BCUT2D eigenvalue weighted by Gasteiger charge is 2.30. The maximum absolute atomic E-state index is 10.7. The normalized spacial score (nSPS) is 22.8. The molecule has 1 aromatic heterocycles. The summed E-state index contributed by atoms with van der Waals surface area (Å²) in [7, 11) is 0. The van der Waals surface area contributed by atoms with Crippen LogP contribution in [0.1, 0.15) is 37.9 Å². The number of carboxylic acid groups (broad SMARTS) is 1. The van der Waals surface area contributed by atoms with Crippen LogP contribution in [0.25, 0.3) is 0 Å². The quantitative estimate of drug-likeness (QED) is 0.818. The van der Waals surface area contributed by atoms with Gasteiger partial charge >= 0.3 is 5.97 Å². The summed E-state index contributed by atoms with van der Waals surface area (Å²) in [6, 6.07) is 0.474. The molecule has 0 amide bonds. The number of thioether (sulfide) groups is 2. The van der Waals surface area contributed by atoms with Gasteiger partial charge in [0.15, 0.2) is 5.16 Å². The Balaban J connectivity index is 2.15. The lowest BCUT2D eigenvalue weighted by molar-refractivity contribution is -0.133. The molecule has 19 heavy (non-hydrogen) atoms. The molecule has 1 aliphatic carbocycles. The third-order valence-electron chi connectivity index (χ3n) is 3.30. The van der Waals surface area contributed by atoms with Crippen LogP contribution in [0.5, 0.6) is 0 Å². The molecule has 1 aliphatic rings. The van der Waals surface area contributed by atoms with Crippen molar-refractivity contribution >= 4 is 29.5 Å². The molecule has 2 atom stereocenters. The second-order valence-electron chi connectivity index (χ2n) is 4.75. The average Bonchev–Trinajstić information content (AvgIpc) is 2.93. The number of carbonyl (C=O) groups is 1. The largest absolute Gasteiger partial charge is 0.481 e. The second kappa shape index (κ2) is 6.70. The van der Waals surface area contributed by atoms with E-state index in [-0.39, 0.29) is 5.75 Å². The van der Waals surface area contributed by atoms with Crippen molar-refractivity contribution in [3.63, 3.8) is 0 Å². The van der Waals surface area contributed by atoms with Crippen molar-refractivity contribution in [1.29, 1.82) is 0 Å². The summed E-state index contributed by atoms with van der Waals surface area (Å²) in [5.74, 6) is 0.421. The molecule has 106 valence electrons. The van der Waals surface area contributed by atoms with E-state index in [1.807, 2.05) is 18.7 Å². The highest BCUT2D eigenvalue weighted by atomic mass is 32.2. The first kappa shape index (κ1) is 14.8. The SMILES string of the molecule is CCSC1CCCC1n1cc(C)nc1SCC(=O)O. The van der Waals surface area contributed by atoms with E-state index in [9.17, 15) is 4.79 Å². The van der Waals surface area contributed by atoms with Gasteiger partial charge in [-0.05, 0) is 25.5 Å². The summed E-state index contributed by atoms with van der Waals surface area (Å²) in [6.45, 7) is 4.16. The Morgan fingerprint density at radius 3 is 3.05 bits per heavy atom. The van der Waals surface area contributed by atoms with E-state index in [1.54, 1.807) is 0 Å². The summed E-state index contributed by atoms with van der Waals surface area (Å²) < 4.78 is 2.21. The van der Waals surface area contributed by atoms with Crippen molar-refractivity contribution < 1.29 is 9.90 Å². The first-order chi connectivity index (χ1) is 9.11. The lowest BCUT2D eigenvalue weighted by Gasteiger charge is -2.21. The number of hydrogen-bond acceptors (Lipinski definition) is 4. The van der Waals surface area contributed by atoms with Crippen molar-refractivity contribution in [2.24, 2.45) is 0 Å². The number of rotatable bonds is 6. The van der Waals surface area contributed by atoms with Gasteiger partial charge in [-0.15, -0.1) is 0 Å². The molecule has 2 rings (SSSR count). The Morgan fingerprint density at radius 2 is 2.37 bits per heavy atom. The van der Waals surface area contributed by atoms with Crippen molar-refractivity contribution in [3.8, 4) is 0 Å². The summed E-state index contributed by atoms with van der Waals surface area (Å²) in [5, 5.41) is 10.3. The van der Waals surface area contributed by atoms with Crippen LogP contribution < -0.4 is 0 Å². The van der Waals surface area contributed by atoms with E-state index < -0.39 is 5.97 Å². The predicted octanol–water partition coefficient (Wildman–Crippen LogP) is 3.21. The van der Waals surface area contributed by atoms with E-state index in [0.29, 0.717) is 11.3 Å². The van der Waals surface area contributed by atoms with E-state index in [2.05, 4.69) is 22.7 Å². The fourth-order valence-corrected chi connectivity index (χ4v) is 4.65. The van der Waals surface area contributed by atoms with Gasteiger partial charge < -0.3 is 9.67 Å². The standard InChI is InChI=1S/C13H20N2O2S2/c1-3-18-11-6-4-5-10(11)15-7-9(2)14-13(15)19-8-12(16)17/h7,10-11H,3-6,8H2,1-2H3,(H,16,17). The lowest BCUT2D eigenvalue weighted by atomic mass is 10.2. The number of aliphatic carboxylic acids is 1. The van der Waals surface area contributed by atoms with E-state index in [1.165, 1.54) is 31.0 Å². The molecule has 1 heterocycles. The van der Waals surface area contributed by atoms with Crippen LogP contribution in [-0.2, 0) is 4.79 Å². The fraction of sp³-hybridized carbons (Fsp3) is 0.692. The highest BCUT2D eigenvalue weighted by Crippen LogP contribution is 2.40. The minimum absolute atomic E-state index is 0.0781. The Labute approximate surface area is 122 Å². The van der Waals surface area contributed by atoms with Gasteiger partial charge in [0.1, 0.15) is 0 Å². The number of hydrogen-bond donors (Lipinski definition) is 1. The maximum atomic E-state index is 10.7. The van der Waals surface area contributed by atoms with Gasteiger partial charge in [0.25, 0.3) is 0 Å². The van der Waals surface area contributed by atoms with Gasteiger partial charge in [0, 0.05) is 17.5 Å². The first-order valence-corrected chi connectivity index (χ1v) is 8.67. The van der Waals surface area contributed by atoms with Crippen molar-refractivity contribution in [2.45, 2.75) is 49.6 Å². The van der Waals surface area contributed by atoms with Crippen LogP contribution in [0.3, 0.4) is 0 Å². The minimum atomic E-state index is -0.789. The zero-order valence-corrected chi connectivity index (χ0v) is 13.0. The molecule has 2 unspecified atom stereocenters. The van der Waals surface area contributed by atoms with Crippen LogP contribution in [0.2, 0.25) is 0 Å². The van der Waals surface area contributed by atoms with Crippen LogP contribution in [0.15, 0.2) is 11.4 Å². The summed E-state index contributed by atoms with van der Waals surface area (Å²) in [4.78, 5) is 15.2. The predicted molar refractivity (Wildman–Crippen MR) is 80.1 cm³/mol. The summed E-state index contributed by atoms with van der Waals surface area (Å²) in [5.41, 5.74) is 0.972. The summed E-state index contributed by atoms with van der Waals surface area (Å²) >= 11 is 3.34.